The summed E-state index contributed by atoms with van der Waals surface area (Å²) in [5, 5.41) is 5.02. The molecule has 0 saturated carbocycles. The van der Waals surface area contributed by atoms with Gasteiger partial charge in [-0.3, -0.25) is 4.68 Å². The molecular weight excluding hydrogens is 236 g/mol. The molecule has 2 aromatic rings. The van der Waals surface area contributed by atoms with Crippen LogP contribution >= 0.6 is 10.7 Å². The van der Waals surface area contributed by atoms with E-state index >= 15 is 0 Å². The fourth-order valence-corrected chi connectivity index (χ4v) is 2.22. The van der Waals surface area contributed by atoms with Crippen molar-refractivity contribution >= 4 is 30.6 Å². The van der Waals surface area contributed by atoms with Crippen molar-refractivity contribution in [3.05, 3.63) is 24.4 Å². The number of aryl methyl sites for hydroxylation is 1. The third kappa shape index (κ3) is 1.85. The minimum absolute atomic E-state index is 0.104. The van der Waals surface area contributed by atoms with Gasteiger partial charge in [0.25, 0.3) is 9.05 Å². The fraction of sp³-hybridized carbons (Fsp3) is 0.222. The van der Waals surface area contributed by atoms with Crippen LogP contribution in [-0.2, 0) is 15.6 Å². The van der Waals surface area contributed by atoms with E-state index in [2.05, 4.69) is 5.10 Å². The van der Waals surface area contributed by atoms with Crippen LogP contribution in [0.15, 0.2) is 29.3 Å². The Labute approximate surface area is 91.9 Å². The molecule has 0 aliphatic carbocycles. The van der Waals surface area contributed by atoms with E-state index in [1.165, 1.54) is 12.1 Å². The first-order valence-corrected chi connectivity index (χ1v) is 6.73. The van der Waals surface area contributed by atoms with Gasteiger partial charge in [0.05, 0.1) is 16.6 Å². The maximum absolute atomic E-state index is 11.1. The van der Waals surface area contributed by atoms with E-state index in [0.29, 0.717) is 6.54 Å². The topological polar surface area (TPSA) is 52.0 Å². The van der Waals surface area contributed by atoms with Crippen LogP contribution in [0.2, 0.25) is 0 Å². The fourth-order valence-electron chi connectivity index (χ4n) is 1.45. The van der Waals surface area contributed by atoms with E-state index in [9.17, 15) is 8.42 Å². The van der Waals surface area contributed by atoms with E-state index in [4.69, 9.17) is 10.7 Å². The van der Waals surface area contributed by atoms with Gasteiger partial charge in [0.2, 0.25) is 0 Å². The number of rotatable bonds is 2. The van der Waals surface area contributed by atoms with Gasteiger partial charge in [0.15, 0.2) is 0 Å². The van der Waals surface area contributed by atoms with E-state index in [1.54, 1.807) is 16.9 Å². The number of halogens is 1. The molecular formula is C9H9ClN2O2S. The first-order valence-electron chi connectivity index (χ1n) is 4.42. The summed E-state index contributed by atoms with van der Waals surface area (Å²) in [6, 6.07) is 4.71. The van der Waals surface area contributed by atoms with Gasteiger partial charge in [-0.05, 0) is 25.1 Å². The minimum Gasteiger partial charge on any atom is -0.265 e. The lowest BCUT2D eigenvalue weighted by Crippen LogP contribution is -1.96. The molecule has 0 spiro atoms. The predicted molar refractivity (Wildman–Crippen MR) is 58.4 cm³/mol. The van der Waals surface area contributed by atoms with Crippen LogP contribution in [0, 0.1) is 0 Å². The molecule has 0 aliphatic heterocycles. The van der Waals surface area contributed by atoms with Crippen LogP contribution < -0.4 is 0 Å². The third-order valence-corrected chi connectivity index (χ3v) is 3.55. The second-order valence-corrected chi connectivity index (χ2v) is 5.68. The summed E-state index contributed by atoms with van der Waals surface area (Å²) in [5.41, 5.74) is 0.777. The zero-order valence-corrected chi connectivity index (χ0v) is 9.59. The highest BCUT2D eigenvalue weighted by atomic mass is 35.7. The molecule has 0 amide bonds. The average molecular weight is 245 g/mol. The molecule has 2 rings (SSSR count). The van der Waals surface area contributed by atoms with Crippen LogP contribution in [0.1, 0.15) is 6.92 Å². The van der Waals surface area contributed by atoms with Crippen LogP contribution in [0.25, 0.3) is 10.9 Å². The molecule has 0 atom stereocenters. The van der Waals surface area contributed by atoms with Gasteiger partial charge in [-0.15, -0.1) is 0 Å². The van der Waals surface area contributed by atoms with Gasteiger partial charge in [-0.25, -0.2) is 8.42 Å². The molecule has 0 radical (unpaired) electrons. The van der Waals surface area contributed by atoms with Crippen LogP contribution in [0.4, 0.5) is 0 Å². The van der Waals surface area contributed by atoms with Crippen molar-refractivity contribution in [2.75, 3.05) is 0 Å². The van der Waals surface area contributed by atoms with Crippen LogP contribution in [-0.4, -0.2) is 18.2 Å². The number of hydrogen-bond donors (Lipinski definition) is 0. The standard InChI is InChI=1S/C9H9ClN2O2S/c1-2-12-9-5-8(15(10,13)14)4-3-7(9)6-11-12/h3-6H,2H2,1H3. The molecule has 1 heterocycles. The van der Waals surface area contributed by atoms with Crippen molar-refractivity contribution in [3.63, 3.8) is 0 Å². The Balaban J connectivity index is 2.73. The zero-order valence-electron chi connectivity index (χ0n) is 8.01. The van der Waals surface area contributed by atoms with Gasteiger partial charge < -0.3 is 0 Å². The van der Waals surface area contributed by atoms with Gasteiger partial charge in [0.1, 0.15) is 0 Å². The predicted octanol–water partition coefficient (Wildman–Crippen LogP) is 1.98. The molecule has 15 heavy (non-hydrogen) atoms. The van der Waals surface area contributed by atoms with E-state index in [1.807, 2.05) is 6.92 Å². The molecule has 0 fully saturated rings. The number of benzene rings is 1. The first-order chi connectivity index (χ1) is 7.02. The van der Waals surface area contributed by atoms with Crippen molar-refractivity contribution in [1.82, 2.24) is 9.78 Å². The van der Waals surface area contributed by atoms with Crippen LogP contribution in [0.3, 0.4) is 0 Å². The average Bonchev–Trinajstić information content (AvgIpc) is 2.57. The SMILES string of the molecule is CCn1ncc2ccc(S(=O)(=O)Cl)cc21. The molecule has 80 valence electrons. The summed E-state index contributed by atoms with van der Waals surface area (Å²) < 4.78 is 24.0. The summed E-state index contributed by atoms with van der Waals surface area (Å²) in [7, 11) is 1.60. The summed E-state index contributed by atoms with van der Waals surface area (Å²) in [5.74, 6) is 0. The maximum atomic E-state index is 11.1. The summed E-state index contributed by atoms with van der Waals surface area (Å²) in [6.07, 6.45) is 1.70. The molecule has 1 aromatic heterocycles. The van der Waals surface area contributed by atoms with E-state index in [0.717, 1.165) is 10.9 Å². The largest absolute Gasteiger partial charge is 0.265 e. The third-order valence-electron chi connectivity index (χ3n) is 2.20. The second kappa shape index (κ2) is 3.50. The highest BCUT2D eigenvalue weighted by molar-refractivity contribution is 8.13. The Morgan fingerprint density at radius 3 is 2.80 bits per heavy atom. The Hall–Kier alpha value is -1.07. The molecule has 4 nitrogen and oxygen atoms in total. The molecule has 1 aromatic carbocycles. The minimum atomic E-state index is -3.67. The highest BCUT2D eigenvalue weighted by Crippen LogP contribution is 2.21. The van der Waals surface area contributed by atoms with E-state index < -0.39 is 9.05 Å². The lowest BCUT2D eigenvalue weighted by molar-refractivity contribution is 0.609. The molecule has 0 N–H and O–H groups in total. The molecule has 0 saturated heterocycles. The Morgan fingerprint density at radius 2 is 2.20 bits per heavy atom. The lowest BCUT2D eigenvalue weighted by atomic mass is 10.2. The lowest BCUT2D eigenvalue weighted by Gasteiger charge is -2.00. The van der Waals surface area contributed by atoms with Gasteiger partial charge >= 0.3 is 0 Å². The van der Waals surface area contributed by atoms with Crippen molar-refractivity contribution in [2.45, 2.75) is 18.4 Å². The number of fused-ring (bicyclic) bond motifs is 1. The Morgan fingerprint density at radius 1 is 1.47 bits per heavy atom. The van der Waals surface area contributed by atoms with Crippen molar-refractivity contribution in [3.8, 4) is 0 Å². The monoisotopic (exact) mass is 244 g/mol. The quantitative estimate of drug-likeness (QED) is 0.759. The van der Waals surface area contributed by atoms with Gasteiger partial charge in [-0.1, -0.05) is 0 Å². The molecule has 0 bridgehead atoms. The first kappa shape index (κ1) is 10.4. The Bertz CT molecular complexity index is 604. The number of aromatic nitrogens is 2. The zero-order chi connectivity index (χ0) is 11.1. The molecule has 0 aliphatic rings. The van der Waals surface area contributed by atoms with Crippen molar-refractivity contribution in [1.29, 1.82) is 0 Å². The Kier molecular flexibility index (Phi) is 2.44. The summed E-state index contributed by atoms with van der Waals surface area (Å²) in [6.45, 7) is 2.63. The van der Waals surface area contributed by atoms with E-state index in [-0.39, 0.29) is 4.90 Å². The van der Waals surface area contributed by atoms with Gasteiger partial charge in [-0.2, -0.15) is 5.10 Å². The van der Waals surface area contributed by atoms with Crippen molar-refractivity contribution < 1.29 is 8.42 Å². The number of hydrogen-bond acceptors (Lipinski definition) is 3. The molecule has 6 heteroatoms. The summed E-state index contributed by atoms with van der Waals surface area (Å²) in [4.78, 5) is 0.104. The summed E-state index contributed by atoms with van der Waals surface area (Å²) >= 11 is 0. The van der Waals surface area contributed by atoms with Crippen molar-refractivity contribution in [2.24, 2.45) is 0 Å². The number of nitrogens with zero attached hydrogens (tertiary/aromatic N) is 2. The second-order valence-electron chi connectivity index (χ2n) is 3.12. The highest BCUT2D eigenvalue weighted by Gasteiger charge is 2.11. The smallest absolute Gasteiger partial charge is 0.261 e. The van der Waals surface area contributed by atoms with Crippen LogP contribution in [0.5, 0.6) is 0 Å². The maximum Gasteiger partial charge on any atom is 0.261 e. The molecule has 0 unspecified atom stereocenters. The van der Waals surface area contributed by atoms with Gasteiger partial charge in [0, 0.05) is 22.6 Å². The normalized spacial score (nSPS) is 12.1.